The molecule has 43 heavy (non-hydrogen) atoms. The first-order valence-corrected chi connectivity index (χ1v) is 15.3. The van der Waals surface area contributed by atoms with Crippen LogP contribution in [0.15, 0.2) is 89.4 Å². The summed E-state index contributed by atoms with van der Waals surface area (Å²) in [7, 11) is 1.63. The summed E-state index contributed by atoms with van der Waals surface area (Å²) in [5, 5.41) is 10.3. The summed E-state index contributed by atoms with van der Waals surface area (Å²) in [5.41, 5.74) is 4.69. The van der Waals surface area contributed by atoms with Gasteiger partial charge in [-0.05, 0) is 60.2 Å². The van der Waals surface area contributed by atoms with E-state index in [-0.39, 0.29) is 19.0 Å². The Morgan fingerprint density at radius 2 is 1.60 bits per heavy atom. The van der Waals surface area contributed by atoms with Crippen molar-refractivity contribution >= 4 is 27.9 Å². The fraction of sp³-hybridized carbons (Fsp3) is 0.314. The van der Waals surface area contributed by atoms with E-state index in [1.54, 1.807) is 7.11 Å². The van der Waals surface area contributed by atoms with Gasteiger partial charge in [-0.1, -0.05) is 91.3 Å². The van der Waals surface area contributed by atoms with E-state index in [0.717, 1.165) is 38.4 Å². The Balaban J connectivity index is 1.68. The van der Waals surface area contributed by atoms with Crippen LogP contribution in [0.25, 0.3) is 16.9 Å². The number of para-hydroxylation sites is 1. The lowest BCUT2D eigenvalue weighted by Gasteiger charge is -2.51. The van der Waals surface area contributed by atoms with E-state index < -0.39 is 23.6 Å². The predicted molar refractivity (Wildman–Crippen MR) is 173 cm³/mol. The first-order valence-electron chi connectivity index (χ1n) is 14.5. The zero-order valence-corrected chi connectivity index (χ0v) is 26.8. The number of aromatic nitrogens is 1. The van der Waals surface area contributed by atoms with E-state index in [0.29, 0.717) is 12.0 Å². The molecular formula is C35H38BrN3O4. The van der Waals surface area contributed by atoms with Crippen molar-refractivity contribution in [1.29, 1.82) is 0 Å². The van der Waals surface area contributed by atoms with Gasteiger partial charge in [-0.15, -0.1) is 0 Å². The van der Waals surface area contributed by atoms with Gasteiger partial charge in [0.1, 0.15) is 5.75 Å². The number of halogens is 1. The minimum Gasteiger partial charge on any atom is -0.496 e. The summed E-state index contributed by atoms with van der Waals surface area (Å²) in [4.78, 5) is 30.8. The topological polar surface area (TPSA) is 75.0 Å². The van der Waals surface area contributed by atoms with Crippen molar-refractivity contribution in [1.82, 2.24) is 14.4 Å². The minimum absolute atomic E-state index is 0.116. The molecule has 8 heteroatoms. The molecule has 2 unspecified atom stereocenters. The highest BCUT2D eigenvalue weighted by Crippen LogP contribution is 2.38. The Morgan fingerprint density at radius 3 is 2.26 bits per heavy atom. The van der Waals surface area contributed by atoms with Crippen LogP contribution in [-0.2, 0) is 6.42 Å². The van der Waals surface area contributed by atoms with Crippen LogP contribution in [-0.4, -0.2) is 63.8 Å². The molecule has 1 fully saturated rings. The summed E-state index contributed by atoms with van der Waals surface area (Å²) in [6, 6.07) is 26.8. The van der Waals surface area contributed by atoms with Crippen molar-refractivity contribution in [2.45, 2.75) is 46.2 Å². The zero-order valence-electron chi connectivity index (χ0n) is 25.3. The Hall–Kier alpha value is -4.04. The number of hydrogen-bond acceptors (Lipinski definition) is 3. The number of nitrogens with zero attached hydrogens (tertiary/aromatic N) is 3. The van der Waals surface area contributed by atoms with E-state index in [9.17, 15) is 14.7 Å². The lowest BCUT2D eigenvalue weighted by Crippen LogP contribution is -2.66. The van der Waals surface area contributed by atoms with E-state index in [2.05, 4.69) is 20.5 Å². The fourth-order valence-electron chi connectivity index (χ4n) is 6.51. The van der Waals surface area contributed by atoms with Crippen molar-refractivity contribution in [3.8, 4) is 22.7 Å². The van der Waals surface area contributed by atoms with Gasteiger partial charge in [-0.3, -0.25) is 4.79 Å². The molecule has 5 rings (SSSR count). The van der Waals surface area contributed by atoms with Crippen molar-refractivity contribution in [3.63, 3.8) is 0 Å². The molecule has 1 aliphatic rings. The smallest absolute Gasteiger partial charge is 0.407 e. The first kappa shape index (κ1) is 30.4. The molecule has 2 atom stereocenters. The molecule has 2 amide bonds. The highest BCUT2D eigenvalue weighted by molar-refractivity contribution is 9.10. The normalized spacial score (nSPS) is 17.2. The number of carboxylic acid groups (broad SMARTS) is 1. The molecule has 1 saturated heterocycles. The number of aryl methyl sites for hydroxylation is 1. The predicted octanol–water partition coefficient (Wildman–Crippen LogP) is 7.69. The second kappa shape index (κ2) is 12.3. The van der Waals surface area contributed by atoms with Crippen LogP contribution in [0.3, 0.4) is 0 Å². The number of ether oxygens (including phenoxy) is 1. The number of amides is 2. The second-order valence-corrected chi connectivity index (χ2v) is 13.0. The fourth-order valence-corrected chi connectivity index (χ4v) is 6.90. The average Bonchev–Trinajstić information content (AvgIpc) is 3.33. The lowest BCUT2D eigenvalue weighted by molar-refractivity contribution is -0.0145. The Labute approximate surface area is 261 Å². The second-order valence-electron chi connectivity index (χ2n) is 12.1. The maximum atomic E-state index is 14.9. The van der Waals surface area contributed by atoms with Gasteiger partial charge in [0.15, 0.2) is 0 Å². The molecule has 3 aromatic carbocycles. The van der Waals surface area contributed by atoms with Crippen LogP contribution in [0.5, 0.6) is 5.75 Å². The molecule has 2 heterocycles. The quantitative estimate of drug-likeness (QED) is 0.234. The average molecular weight is 645 g/mol. The number of benzene rings is 3. The summed E-state index contributed by atoms with van der Waals surface area (Å²) >= 11 is 3.61. The number of carbonyl (C=O) groups is 2. The third-order valence-electron chi connectivity index (χ3n) is 8.23. The molecule has 0 spiro atoms. The largest absolute Gasteiger partial charge is 0.496 e. The molecule has 1 aliphatic heterocycles. The molecule has 1 N–H and O–H groups in total. The van der Waals surface area contributed by atoms with Crippen molar-refractivity contribution in [2.75, 3.05) is 20.2 Å². The SMILES string of the molecule is COc1ccccc1CC1C(C(C)(C)C)N(C(=O)O)CCN1C(=O)c1cc(C)n(-c2cccc(Br)c2)c1-c1ccccc1. The molecule has 0 radical (unpaired) electrons. The van der Waals surface area contributed by atoms with E-state index >= 15 is 0 Å². The van der Waals surface area contributed by atoms with Gasteiger partial charge in [0.05, 0.1) is 30.5 Å². The van der Waals surface area contributed by atoms with Gasteiger partial charge in [0, 0.05) is 28.9 Å². The highest BCUT2D eigenvalue weighted by atomic mass is 79.9. The summed E-state index contributed by atoms with van der Waals surface area (Å²) < 4.78 is 8.74. The molecule has 224 valence electrons. The zero-order chi connectivity index (χ0) is 30.9. The monoisotopic (exact) mass is 643 g/mol. The number of methoxy groups -OCH3 is 1. The maximum Gasteiger partial charge on any atom is 0.407 e. The van der Waals surface area contributed by atoms with Gasteiger partial charge < -0.3 is 24.2 Å². The van der Waals surface area contributed by atoms with Gasteiger partial charge in [0.2, 0.25) is 0 Å². The van der Waals surface area contributed by atoms with Gasteiger partial charge in [-0.2, -0.15) is 0 Å². The lowest BCUT2D eigenvalue weighted by atomic mass is 9.77. The number of piperazine rings is 1. The molecular weight excluding hydrogens is 606 g/mol. The Bertz CT molecular complexity index is 1630. The third-order valence-corrected chi connectivity index (χ3v) is 8.72. The maximum absolute atomic E-state index is 14.9. The van der Waals surface area contributed by atoms with Crippen LogP contribution >= 0.6 is 15.9 Å². The van der Waals surface area contributed by atoms with Crippen LogP contribution in [0, 0.1) is 12.3 Å². The van der Waals surface area contributed by atoms with E-state index in [1.807, 2.05) is 118 Å². The number of carbonyl (C=O) groups excluding carboxylic acids is 1. The first-order chi connectivity index (χ1) is 20.5. The number of hydrogen-bond donors (Lipinski definition) is 1. The number of rotatable bonds is 6. The van der Waals surface area contributed by atoms with Crippen LogP contribution in [0.2, 0.25) is 0 Å². The summed E-state index contributed by atoms with van der Waals surface area (Å²) in [6.45, 7) is 8.65. The molecule has 0 aliphatic carbocycles. The van der Waals surface area contributed by atoms with Crippen molar-refractivity contribution < 1.29 is 19.4 Å². The van der Waals surface area contributed by atoms with Gasteiger partial charge >= 0.3 is 6.09 Å². The summed E-state index contributed by atoms with van der Waals surface area (Å²) in [5.74, 6) is 0.603. The van der Waals surface area contributed by atoms with E-state index in [4.69, 9.17) is 4.74 Å². The van der Waals surface area contributed by atoms with Crippen molar-refractivity contribution in [3.05, 3.63) is 106 Å². The third kappa shape index (κ3) is 6.07. The minimum atomic E-state index is -0.973. The molecule has 4 aromatic rings. The Kier molecular flexibility index (Phi) is 8.69. The van der Waals surface area contributed by atoms with Gasteiger partial charge in [-0.25, -0.2) is 4.79 Å². The molecule has 0 saturated carbocycles. The standard InChI is InChI=1S/C35H38BrN3O4/c1-23-20-28(31(24-12-7-6-8-13-24)39(23)27-16-11-15-26(36)22-27)33(40)37-18-19-38(34(41)42)32(35(2,3)4)29(37)21-25-14-9-10-17-30(25)43-5/h6-17,20,22,29,32H,18-19,21H2,1-5H3,(H,41,42). The molecule has 0 bridgehead atoms. The Morgan fingerprint density at radius 1 is 0.930 bits per heavy atom. The molecule has 7 nitrogen and oxygen atoms in total. The van der Waals surface area contributed by atoms with Crippen molar-refractivity contribution in [2.24, 2.45) is 5.41 Å². The van der Waals surface area contributed by atoms with Crippen LogP contribution < -0.4 is 4.74 Å². The van der Waals surface area contributed by atoms with Gasteiger partial charge in [0.25, 0.3) is 5.91 Å². The van der Waals surface area contributed by atoms with E-state index in [1.165, 1.54) is 4.90 Å². The van der Waals surface area contributed by atoms with Crippen LogP contribution in [0.4, 0.5) is 4.79 Å². The van der Waals surface area contributed by atoms with Crippen LogP contribution in [0.1, 0.15) is 42.4 Å². The summed E-state index contributed by atoms with van der Waals surface area (Å²) in [6.07, 6.45) is -0.522. The molecule has 1 aromatic heterocycles. The highest BCUT2D eigenvalue weighted by Gasteiger charge is 2.47.